The van der Waals surface area contributed by atoms with Crippen molar-refractivity contribution in [1.29, 1.82) is 0 Å². The fourth-order valence-electron chi connectivity index (χ4n) is 2.21. The highest BCUT2D eigenvalue weighted by Gasteiger charge is 2.40. The molecule has 0 aliphatic heterocycles. The summed E-state index contributed by atoms with van der Waals surface area (Å²) in [5, 5.41) is 13.1. The second-order valence-electron chi connectivity index (χ2n) is 5.30. The van der Waals surface area contributed by atoms with Gasteiger partial charge in [0.05, 0.1) is 6.10 Å². The largest absolute Gasteiger partial charge is 0.390 e. The summed E-state index contributed by atoms with van der Waals surface area (Å²) in [6, 6.07) is 0. The van der Waals surface area contributed by atoms with E-state index in [9.17, 15) is 5.11 Å². The van der Waals surface area contributed by atoms with Gasteiger partial charge in [-0.3, -0.25) is 0 Å². The third-order valence-corrected chi connectivity index (χ3v) is 3.19. The van der Waals surface area contributed by atoms with Crippen LogP contribution in [0.25, 0.3) is 0 Å². The third kappa shape index (κ3) is 4.96. The number of aliphatic hydroxyl groups excluding tert-OH is 1. The maximum atomic E-state index is 9.66. The Bertz CT molecular complexity index is 178. The molecular weight excluding hydrogens is 188 g/mol. The fraction of sp³-hybridized carbons (Fsp3) is 1.00. The molecule has 0 spiro atoms. The lowest BCUT2D eigenvalue weighted by molar-refractivity contribution is 0.133. The lowest BCUT2D eigenvalue weighted by Crippen LogP contribution is -2.37. The Morgan fingerprint density at radius 1 is 1.40 bits per heavy atom. The van der Waals surface area contributed by atoms with Crippen LogP contribution in [-0.2, 0) is 0 Å². The van der Waals surface area contributed by atoms with Crippen LogP contribution in [0, 0.1) is 5.41 Å². The van der Waals surface area contributed by atoms with Gasteiger partial charge in [-0.05, 0) is 38.8 Å². The third-order valence-electron chi connectivity index (χ3n) is 3.19. The van der Waals surface area contributed by atoms with Gasteiger partial charge in [0, 0.05) is 19.6 Å². The maximum Gasteiger partial charge on any atom is 0.0791 e. The first-order chi connectivity index (χ1) is 7.08. The molecule has 90 valence electrons. The van der Waals surface area contributed by atoms with E-state index in [1.807, 2.05) is 19.0 Å². The molecule has 2 N–H and O–H groups in total. The smallest absolute Gasteiger partial charge is 0.0791 e. The molecule has 0 saturated heterocycles. The monoisotopic (exact) mass is 214 g/mol. The van der Waals surface area contributed by atoms with E-state index in [4.69, 9.17) is 0 Å². The molecule has 0 aromatic heterocycles. The normalized spacial score (nSPS) is 20.6. The van der Waals surface area contributed by atoms with Crippen molar-refractivity contribution in [1.82, 2.24) is 10.2 Å². The Kier molecular flexibility index (Phi) is 5.03. The number of nitrogens with one attached hydrogen (secondary N) is 1. The highest BCUT2D eigenvalue weighted by atomic mass is 16.3. The van der Waals surface area contributed by atoms with Crippen LogP contribution in [-0.4, -0.2) is 49.8 Å². The molecule has 1 unspecified atom stereocenters. The van der Waals surface area contributed by atoms with Crippen LogP contribution in [0.2, 0.25) is 0 Å². The molecule has 1 atom stereocenters. The SMILES string of the molecule is CCCC1(CNCC(O)CN(C)C)CC1. The van der Waals surface area contributed by atoms with Crippen molar-refractivity contribution in [3.05, 3.63) is 0 Å². The minimum Gasteiger partial charge on any atom is -0.390 e. The van der Waals surface area contributed by atoms with Crippen molar-refractivity contribution in [3.63, 3.8) is 0 Å². The summed E-state index contributed by atoms with van der Waals surface area (Å²) in [7, 11) is 3.98. The number of aliphatic hydroxyl groups is 1. The van der Waals surface area contributed by atoms with E-state index in [-0.39, 0.29) is 6.10 Å². The molecule has 1 saturated carbocycles. The summed E-state index contributed by atoms with van der Waals surface area (Å²) in [6.07, 6.45) is 5.12. The van der Waals surface area contributed by atoms with Crippen LogP contribution >= 0.6 is 0 Å². The van der Waals surface area contributed by atoms with Crippen LogP contribution in [0.4, 0.5) is 0 Å². The quantitative estimate of drug-likeness (QED) is 0.634. The van der Waals surface area contributed by atoms with Crippen molar-refractivity contribution in [3.8, 4) is 0 Å². The molecule has 0 aromatic carbocycles. The molecule has 0 radical (unpaired) electrons. The van der Waals surface area contributed by atoms with Crippen LogP contribution < -0.4 is 5.32 Å². The van der Waals surface area contributed by atoms with Gasteiger partial charge in [0.15, 0.2) is 0 Å². The number of hydrogen-bond donors (Lipinski definition) is 2. The van der Waals surface area contributed by atoms with Gasteiger partial charge in [-0.1, -0.05) is 13.3 Å². The Morgan fingerprint density at radius 3 is 2.53 bits per heavy atom. The van der Waals surface area contributed by atoms with Gasteiger partial charge in [0.2, 0.25) is 0 Å². The second kappa shape index (κ2) is 5.83. The lowest BCUT2D eigenvalue weighted by Gasteiger charge is -2.19. The molecular formula is C12H26N2O. The summed E-state index contributed by atoms with van der Waals surface area (Å²) in [4.78, 5) is 2.02. The molecule has 1 fully saturated rings. The number of likely N-dealkylation sites (N-methyl/N-ethyl adjacent to an activating group) is 1. The number of nitrogens with zero attached hydrogens (tertiary/aromatic N) is 1. The lowest BCUT2D eigenvalue weighted by atomic mass is 10.0. The van der Waals surface area contributed by atoms with Gasteiger partial charge in [-0.15, -0.1) is 0 Å². The standard InChI is InChI=1S/C12H26N2O/c1-4-5-12(6-7-12)10-13-8-11(15)9-14(2)3/h11,13,15H,4-10H2,1-3H3. The molecule has 0 bridgehead atoms. The van der Waals surface area contributed by atoms with Crippen LogP contribution in [0.1, 0.15) is 32.6 Å². The molecule has 1 aliphatic rings. The van der Waals surface area contributed by atoms with Crippen molar-refractivity contribution in [2.75, 3.05) is 33.7 Å². The highest BCUT2D eigenvalue weighted by molar-refractivity contribution is 4.94. The van der Waals surface area contributed by atoms with Gasteiger partial charge in [-0.25, -0.2) is 0 Å². The minimum absolute atomic E-state index is 0.238. The maximum absolute atomic E-state index is 9.66. The van der Waals surface area contributed by atoms with E-state index in [0.29, 0.717) is 5.41 Å². The predicted octanol–water partition coefficient (Wildman–Crippen LogP) is 1.08. The molecule has 0 heterocycles. The van der Waals surface area contributed by atoms with E-state index in [0.717, 1.165) is 19.6 Å². The minimum atomic E-state index is -0.238. The van der Waals surface area contributed by atoms with Crippen molar-refractivity contribution in [2.24, 2.45) is 5.41 Å². The summed E-state index contributed by atoms with van der Waals surface area (Å²) in [5.41, 5.74) is 0.590. The Labute approximate surface area is 93.9 Å². The highest BCUT2D eigenvalue weighted by Crippen LogP contribution is 2.48. The molecule has 0 amide bonds. The zero-order valence-corrected chi connectivity index (χ0v) is 10.4. The first kappa shape index (κ1) is 12.9. The van der Waals surface area contributed by atoms with Gasteiger partial charge < -0.3 is 15.3 Å². The van der Waals surface area contributed by atoms with Gasteiger partial charge >= 0.3 is 0 Å². The van der Waals surface area contributed by atoms with Crippen molar-refractivity contribution < 1.29 is 5.11 Å². The Balaban J connectivity index is 2.05. The summed E-state index contributed by atoms with van der Waals surface area (Å²) in [5.74, 6) is 0. The van der Waals surface area contributed by atoms with E-state index in [1.165, 1.54) is 25.7 Å². The average Bonchev–Trinajstić information content (AvgIpc) is 2.84. The first-order valence-corrected chi connectivity index (χ1v) is 6.11. The number of hydrogen-bond acceptors (Lipinski definition) is 3. The van der Waals surface area contributed by atoms with Gasteiger partial charge in [0.25, 0.3) is 0 Å². The number of rotatable bonds is 8. The zero-order valence-electron chi connectivity index (χ0n) is 10.4. The van der Waals surface area contributed by atoms with Gasteiger partial charge in [-0.2, -0.15) is 0 Å². The zero-order chi connectivity index (χ0) is 11.3. The van der Waals surface area contributed by atoms with Crippen LogP contribution in [0.15, 0.2) is 0 Å². The molecule has 0 aromatic rings. The average molecular weight is 214 g/mol. The van der Waals surface area contributed by atoms with Crippen molar-refractivity contribution in [2.45, 2.75) is 38.7 Å². The van der Waals surface area contributed by atoms with Crippen molar-refractivity contribution >= 4 is 0 Å². The van der Waals surface area contributed by atoms with E-state index in [1.54, 1.807) is 0 Å². The molecule has 1 aliphatic carbocycles. The molecule has 15 heavy (non-hydrogen) atoms. The van der Waals surface area contributed by atoms with Crippen LogP contribution in [0.5, 0.6) is 0 Å². The molecule has 1 rings (SSSR count). The van der Waals surface area contributed by atoms with Crippen LogP contribution in [0.3, 0.4) is 0 Å². The topological polar surface area (TPSA) is 35.5 Å². The predicted molar refractivity (Wildman–Crippen MR) is 64.0 cm³/mol. The first-order valence-electron chi connectivity index (χ1n) is 6.11. The summed E-state index contributed by atoms with van der Waals surface area (Å²) < 4.78 is 0. The van der Waals surface area contributed by atoms with Gasteiger partial charge in [0.1, 0.15) is 0 Å². The Hall–Kier alpha value is -0.120. The Morgan fingerprint density at radius 2 is 2.07 bits per heavy atom. The summed E-state index contributed by atoms with van der Waals surface area (Å²) >= 11 is 0. The molecule has 3 heteroatoms. The van der Waals surface area contributed by atoms with E-state index >= 15 is 0 Å². The summed E-state index contributed by atoms with van der Waals surface area (Å²) in [6.45, 7) is 4.81. The van der Waals surface area contributed by atoms with E-state index in [2.05, 4.69) is 12.2 Å². The fourth-order valence-corrected chi connectivity index (χ4v) is 2.21. The molecule has 3 nitrogen and oxygen atoms in total. The van der Waals surface area contributed by atoms with E-state index < -0.39 is 0 Å². The second-order valence-corrected chi connectivity index (χ2v) is 5.30.